The molecule has 0 fully saturated rings. The molecule has 0 saturated heterocycles. The Morgan fingerprint density at radius 3 is 2.83 bits per heavy atom. The maximum absolute atomic E-state index is 12.4. The van der Waals surface area contributed by atoms with Crippen molar-refractivity contribution in [3.05, 3.63) is 45.9 Å². The summed E-state index contributed by atoms with van der Waals surface area (Å²) in [6, 6.07) is 7.36. The quantitative estimate of drug-likeness (QED) is 0.774. The number of benzene rings is 1. The fourth-order valence-corrected chi connectivity index (χ4v) is 2.39. The molecule has 0 aliphatic carbocycles. The number of ether oxygens (including phenoxy) is 1. The molecule has 0 aliphatic heterocycles. The molecule has 0 aliphatic rings. The molecule has 1 heterocycles. The standard InChI is InChI=1S/C14H15NO2S/c1-3-8-17-12-7-5-4-6-11(12)13(16)14-10(2)15-9-18-14/h4-7,9H,3,8H2,1-2H3. The van der Waals surface area contributed by atoms with Crippen molar-refractivity contribution in [2.45, 2.75) is 20.3 Å². The van der Waals surface area contributed by atoms with E-state index in [-0.39, 0.29) is 5.78 Å². The van der Waals surface area contributed by atoms with Crippen molar-refractivity contribution in [2.24, 2.45) is 0 Å². The molecule has 0 saturated carbocycles. The van der Waals surface area contributed by atoms with E-state index in [1.54, 1.807) is 11.6 Å². The predicted octanol–water partition coefficient (Wildman–Crippen LogP) is 3.47. The van der Waals surface area contributed by atoms with E-state index in [0.717, 1.165) is 12.1 Å². The summed E-state index contributed by atoms with van der Waals surface area (Å²) in [5.41, 5.74) is 3.08. The molecule has 1 aromatic carbocycles. The Kier molecular flexibility index (Phi) is 4.10. The first-order chi connectivity index (χ1) is 8.74. The second-order valence-electron chi connectivity index (χ2n) is 3.94. The van der Waals surface area contributed by atoms with Gasteiger partial charge in [0.25, 0.3) is 0 Å². The van der Waals surface area contributed by atoms with Gasteiger partial charge >= 0.3 is 0 Å². The lowest BCUT2D eigenvalue weighted by atomic mass is 10.1. The molecular weight excluding hydrogens is 246 g/mol. The van der Waals surface area contributed by atoms with Crippen molar-refractivity contribution in [1.29, 1.82) is 0 Å². The first-order valence-corrected chi connectivity index (χ1v) is 6.78. The number of aromatic nitrogens is 1. The Hall–Kier alpha value is -1.68. The minimum Gasteiger partial charge on any atom is -0.493 e. The van der Waals surface area contributed by atoms with Crippen molar-refractivity contribution in [1.82, 2.24) is 4.98 Å². The highest BCUT2D eigenvalue weighted by molar-refractivity contribution is 7.12. The summed E-state index contributed by atoms with van der Waals surface area (Å²) in [4.78, 5) is 17.2. The third-order valence-corrected chi connectivity index (χ3v) is 3.47. The van der Waals surface area contributed by atoms with Crippen LogP contribution in [0.15, 0.2) is 29.8 Å². The van der Waals surface area contributed by atoms with E-state index in [9.17, 15) is 4.79 Å². The van der Waals surface area contributed by atoms with Gasteiger partial charge in [0.1, 0.15) is 5.75 Å². The zero-order valence-corrected chi connectivity index (χ0v) is 11.3. The highest BCUT2D eigenvalue weighted by Gasteiger charge is 2.17. The fourth-order valence-electron chi connectivity index (χ4n) is 1.63. The summed E-state index contributed by atoms with van der Waals surface area (Å²) in [6.45, 7) is 4.50. The van der Waals surface area contributed by atoms with Crippen LogP contribution in [0.5, 0.6) is 5.75 Å². The van der Waals surface area contributed by atoms with Gasteiger partial charge < -0.3 is 4.74 Å². The minimum absolute atomic E-state index is 0.0123. The molecular formula is C14H15NO2S. The lowest BCUT2D eigenvalue weighted by molar-refractivity contribution is 0.103. The number of para-hydroxylation sites is 1. The van der Waals surface area contributed by atoms with E-state index in [1.807, 2.05) is 32.0 Å². The van der Waals surface area contributed by atoms with Crippen LogP contribution < -0.4 is 4.74 Å². The van der Waals surface area contributed by atoms with E-state index >= 15 is 0 Å². The Morgan fingerprint density at radius 1 is 1.39 bits per heavy atom. The van der Waals surface area contributed by atoms with Gasteiger partial charge in [-0.2, -0.15) is 0 Å². The maximum atomic E-state index is 12.4. The van der Waals surface area contributed by atoms with Crippen LogP contribution in [-0.2, 0) is 0 Å². The zero-order chi connectivity index (χ0) is 13.0. The molecule has 0 atom stereocenters. The van der Waals surface area contributed by atoms with E-state index in [1.165, 1.54) is 11.3 Å². The van der Waals surface area contributed by atoms with Crippen molar-refractivity contribution in [2.75, 3.05) is 6.61 Å². The molecule has 0 amide bonds. The summed E-state index contributed by atoms with van der Waals surface area (Å²) in [5, 5.41) is 0. The van der Waals surface area contributed by atoms with Crippen molar-refractivity contribution >= 4 is 17.1 Å². The van der Waals surface area contributed by atoms with Crippen LogP contribution in [0.4, 0.5) is 0 Å². The molecule has 0 bridgehead atoms. The lowest BCUT2D eigenvalue weighted by Crippen LogP contribution is -2.05. The Labute approximate surface area is 110 Å². The van der Waals surface area contributed by atoms with Gasteiger partial charge in [0.15, 0.2) is 0 Å². The largest absolute Gasteiger partial charge is 0.493 e. The number of hydrogen-bond donors (Lipinski definition) is 0. The normalized spacial score (nSPS) is 10.3. The van der Waals surface area contributed by atoms with Gasteiger partial charge in [-0.25, -0.2) is 4.98 Å². The van der Waals surface area contributed by atoms with Crippen molar-refractivity contribution < 1.29 is 9.53 Å². The predicted molar refractivity (Wildman–Crippen MR) is 72.5 cm³/mol. The van der Waals surface area contributed by atoms with Gasteiger partial charge in [-0.15, -0.1) is 11.3 Å². The maximum Gasteiger partial charge on any atom is 0.208 e. The minimum atomic E-state index is -0.0123. The Morgan fingerprint density at radius 2 is 2.17 bits per heavy atom. The zero-order valence-electron chi connectivity index (χ0n) is 10.5. The van der Waals surface area contributed by atoms with E-state index < -0.39 is 0 Å². The molecule has 18 heavy (non-hydrogen) atoms. The number of ketones is 1. The van der Waals surface area contributed by atoms with E-state index in [2.05, 4.69) is 4.98 Å². The molecule has 1 aromatic heterocycles. The summed E-state index contributed by atoms with van der Waals surface area (Å²) in [7, 11) is 0. The van der Waals surface area contributed by atoms with Gasteiger partial charge in [-0.1, -0.05) is 19.1 Å². The molecule has 2 aromatic rings. The first kappa shape index (κ1) is 12.8. The van der Waals surface area contributed by atoms with Gasteiger partial charge in [0.05, 0.1) is 28.3 Å². The van der Waals surface area contributed by atoms with E-state index in [4.69, 9.17) is 4.74 Å². The number of aryl methyl sites for hydroxylation is 1. The molecule has 0 spiro atoms. The summed E-state index contributed by atoms with van der Waals surface area (Å²) in [6.07, 6.45) is 0.919. The fraction of sp³-hybridized carbons (Fsp3) is 0.286. The van der Waals surface area contributed by atoms with Crippen molar-refractivity contribution in [3.63, 3.8) is 0 Å². The van der Waals surface area contributed by atoms with E-state index in [0.29, 0.717) is 22.8 Å². The van der Waals surface area contributed by atoms with Gasteiger partial charge in [-0.3, -0.25) is 4.79 Å². The average molecular weight is 261 g/mol. The second kappa shape index (κ2) is 5.78. The number of hydrogen-bond acceptors (Lipinski definition) is 4. The number of carbonyl (C=O) groups excluding carboxylic acids is 1. The number of thiazole rings is 1. The van der Waals surface area contributed by atoms with Crippen LogP contribution in [0.3, 0.4) is 0 Å². The van der Waals surface area contributed by atoms with Gasteiger partial charge in [0, 0.05) is 0 Å². The second-order valence-corrected chi connectivity index (χ2v) is 4.80. The topological polar surface area (TPSA) is 39.2 Å². The summed E-state index contributed by atoms with van der Waals surface area (Å²) < 4.78 is 5.61. The lowest BCUT2D eigenvalue weighted by Gasteiger charge is -2.09. The number of nitrogens with zero attached hydrogens (tertiary/aromatic N) is 1. The molecule has 3 nitrogen and oxygen atoms in total. The molecule has 0 N–H and O–H groups in total. The van der Waals surface area contributed by atoms with Gasteiger partial charge in [-0.05, 0) is 25.5 Å². The van der Waals surface area contributed by atoms with Crippen molar-refractivity contribution in [3.8, 4) is 5.75 Å². The molecule has 0 unspecified atom stereocenters. The van der Waals surface area contributed by atoms with Crippen LogP contribution in [0.2, 0.25) is 0 Å². The molecule has 2 rings (SSSR count). The smallest absolute Gasteiger partial charge is 0.208 e. The number of rotatable bonds is 5. The average Bonchev–Trinajstić information content (AvgIpc) is 2.82. The molecule has 94 valence electrons. The molecule has 0 radical (unpaired) electrons. The Bertz CT molecular complexity index is 548. The third kappa shape index (κ3) is 2.59. The first-order valence-electron chi connectivity index (χ1n) is 5.90. The summed E-state index contributed by atoms with van der Waals surface area (Å²) >= 11 is 1.37. The third-order valence-electron chi connectivity index (χ3n) is 2.55. The number of carbonyl (C=O) groups is 1. The summed E-state index contributed by atoms with van der Waals surface area (Å²) in [5.74, 6) is 0.638. The van der Waals surface area contributed by atoms with Crippen LogP contribution in [0, 0.1) is 6.92 Å². The Balaban J connectivity index is 2.33. The SMILES string of the molecule is CCCOc1ccccc1C(=O)c1scnc1C. The molecule has 4 heteroatoms. The van der Waals surface area contributed by atoms with Gasteiger partial charge in [0.2, 0.25) is 5.78 Å². The van der Waals surface area contributed by atoms with Crippen LogP contribution >= 0.6 is 11.3 Å². The van der Waals surface area contributed by atoms with Crippen LogP contribution in [0.1, 0.15) is 34.3 Å². The van der Waals surface area contributed by atoms with Crippen LogP contribution in [-0.4, -0.2) is 17.4 Å². The highest BCUT2D eigenvalue weighted by Crippen LogP contribution is 2.24. The van der Waals surface area contributed by atoms with Crippen LogP contribution in [0.25, 0.3) is 0 Å². The highest BCUT2D eigenvalue weighted by atomic mass is 32.1. The monoisotopic (exact) mass is 261 g/mol.